The van der Waals surface area contributed by atoms with E-state index in [2.05, 4.69) is 15.5 Å². The van der Waals surface area contributed by atoms with Crippen LogP contribution < -0.4 is 5.32 Å². The number of hydrogen-bond acceptors (Lipinski definition) is 6. The Morgan fingerprint density at radius 1 is 1.07 bits per heavy atom. The van der Waals surface area contributed by atoms with Crippen LogP contribution in [0.2, 0.25) is 0 Å². The van der Waals surface area contributed by atoms with Gasteiger partial charge in [0.25, 0.3) is 0 Å². The Balaban J connectivity index is 1.20. The Hall–Kier alpha value is -1.84. The minimum Gasteiger partial charge on any atom is -0.300 e. The minimum absolute atomic E-state index is 0.0851. The van der Waals surface area contributed by atoms with Gasteiger partial charge in [0.2, 0.25) is 21.1 Å². The van der Waals surface area contributed by atoms with Gasteiger partial charge >= 0.3 is 0 Å². The molecule has 1 saturated carbocycles. The van der Waals surface area contributed by atoms with Crippen LogP contribution in [0.5, 0.6) is 0 Å². The van der Waals surface area contributed by atoms with Gasteiger partial charge in [-0.1, -0.05) is 17.4 Å². The van der Waals surface area contributed by atoms with E-state index in [1.807, 2.05) is 12.1 Å². The molecule has 2 heterocycles. The van der Waals surface area contributed by atoms with Gasteiger partial charge in [-0.3, -0.25) is 4.79 Å². The van der Waals surface area contributed by atoms with Crippen molar-refractivity contribution in [1.82, 2.24) is 14.5 Å². The number of aromatic nitrogens is 2. The summed E-state index contributed by atoms with van der Waals surface area (Å²) in [4.78, 5) is 13.0. The molecular weight excluding hydrogens is 408 g/mol. The number of aryl methyl sites for hydroxylation is 2. The SMILES string of the molecule is O=C(Nc1nnc(C2CC2)s1)C1CCN(S(=O)(=O)c2ccc3c(c2)CCC3)CC1. The number of rotatable bonds is 5. The molecule has 5 rings (SSSR count). The number of hydrogen-bond donors (Lipinski definition) is 1. The lowest BCUT2D eigenvalue weighted by atomic mass is 9.97. The second kappa shape index (κ2) is 7.45. The molecular formula is C20H24N4O3S2. The largest absolute Gasteiger partial charge is 0.300 e. The molecule has 1 aromatic carbocycles. The first-order chi connectivity index (χ1) is 14.0. The number of fused-ring (bicyclic) bond motifs is 1. The van der Waals surface area contributed by atoms with E-state index in [-0.39, 0.29) is 11.8 Å². The summed E-state index contributed by atoms with van der Waals surface area (Å²) >= 11 is 1.45. The van der Waals surface area contributed by atoms with E-state index >= 15 is 0 Å². The summed E-state index contributed by atoms with van der Waals surface area (Å²) in [5.41, 5.74) is 2.42. The van der Waals surface area contributed by atoms with Crippen LogP contribution in [0.4, 0.5) is 5.13 Å². The lowest BCUT2D eigenvalue weighted by Gasteiger charge is -2.30. The summed E-state index contributed by atoms with van der Waals surface area (Å²) in [5, 5.41) is 12.6. The smallest absolute Gasteiger partial charge is 0.243 e. The summed E-state index contributed by atoms with van der Waals surface area (Å²) in [5.74, 6) is 0.235. The summed E-state index contributed by atoms with van der Waals surface area (Å²) in [6.07, 6.45) is 6.42. The van der Waals surface area contributed by atoms with Crippen molar-refractivity contribution in [3.63, 3.8) is 0 Å². The third-order valence-corrected chi connectivity index (χ3v) is 9.03. The molecule has 29 heavy (non-hydrogen) atoms. The van der Waals surface area contributed by atoms with Crippen LogP contribution >= 0.6 is 11.3 Å². The normalized spacial score (nSPS) is 20.6. The number of sulfonamides is 1. The number of benzene rings is 1. The van der Waals surface area contributed by atoms with Crippen molar-refractivity contribution in [2.75, 3.05) is 18.4 Å². The van der Waals surface area contributed by atoms with Gasteiger partial charge in [0.15, 0.2) is 0 Å². The fraction of sp³-hybridized carbons (Fsp3) is 0.550. The number of piperidine rings is 1. The van der Waals surface area contributed by atoms with Crippen molar-refractivity contribution in [2.24, 2.45) is 5.92 Å². The van der Waals surface area contributed by atoms with Crippen LogP contribution in [-0.4, -0.2) is 41.9 Å². The van der Waals surface area contributed by atoms with Gasteiger partial charge in [-0.05, 0) is 68.2 Å². The molecule has 1 amide bonds. The van der Waals surface area contributed by atoms with Gasteiger partial charge in [0.05, 0.1) is 4.90 Å². The van der Waals surface area contributed by atoms with Crippen LogP contribution in [0, 0.1) is 5.92 Å². The quantitative estimate of drug-likeness (QED) is 0.784. The molecule has 0 bridgehead atoms. The number of amides is 1. The zero-order valence-electron chi connectivity index (χ0n) is 16.1. The zero-order valence-corrected chi connectivity index (χ0v) is 17.8. The van der Waals surface area contributed by atoms with Crippen molar-refractivity contribution in [3.8, 4) is 0 Å². The molecule has 1 aliphatic heterocycles. The van der Waals surface area contributed by atoms with Crippen molar-refractivity contribution in [3.05, 3.63) is 34.3 Å². The Bertz CT molecular complexity index is 1040. The van der Waals surface area contributed by atoms with E-state index in [1.54, 1.807) is 6.07 Å². The second-order valence-corrected chi connectivity index (χ2v) is 11.1. The molecule has 3 aliphatic rings. The maximum Gasteiger partial charge on any atom is 0.243 e. The Labute approximate surface area is 174 Å². The van der Waals surface area contributed by atoms with Crippen molar-refractivity contribution < 1.29 is 13.2 Å². The molecule has 2 aromatic rings. The predicted octanol–water partition coefficient (Wildman–Crippen LogP) is 2.94. The minimum atomic E-state index is -3.51. The average Bonchev–Trinajstić information content (AvgIpc) is 3.29. The monoisotopic (exact) mass is 432 g/mol. The van der Waals surface area contributed by atoms with Gasteiger partial charge in [0, 0.05) is 24.9 Å². The lowest BCUT2D eigenvalue weighted by molar-refractivity contribution is -0.120. The fourth-order valence-corrected chi connectivity index (χ4v) is 6.64. The number of nitrogens with zero attached hydrogens (tertiary/aromatic N) is 3. The summed E-state index contributed by atoms with van der Waals surface area (Å²) in [6.45, 7) is 0.724. The third-order valence-electron chi connectivity index (χ3n) is 6.13. The van der Waals surface area contributed by atoms with Crippen molar-refractivity contribution in [2.45, 2.75) is 55.8 Å². The van der Waals surface area contributed by atoms with Crippen molar-refractivity contribution >= 4 is 32.4 Å². The lowest BCUT2D eigenvalue weighted by Crippen LogP contribution is -2.41. The van der Waals surface area contributed by atoms with E-state index < -0.39 is 10.0 Å². The van der Waals surface area contributed by atoms with Gasteiger partial charge in [-0.2, -0.15) is 4.31 Å². The topological polar surface area (TPSA) is 92.3 Å². The fourth-order valence-electron chi connectivity index (χ4n) is 4.20. The van der Waals surface area contributed by atoms with Crippen LogP contribution in [0.3, 0.4) is 0 Å². The van der Waals surface area contributed by atoms with Crippen molar-refractivity contribution in [1.29, 1.82) is 0 Å². The number of carbonyl (C=O) groups is 1. The molecule has 1 saturated heterocycles. The average molecular weight is 433 g/mol. The Morgan fingerprint density at radius 3 is 2.59 bits per heavy atom. The molecule has 0 radical (unpaired) electrons. The van der Waals surface area contributed by atoms with E-state index in [1.165, 1.54) is 21.2 Å². The van der Waals surface area contributed by atoms with Crippen LogP contribution in [0.15, 0.2) is 23.1 Å². The van der Waals surface area contributed by atoms with Gasteiger partial charge in [-0.25, -0.2) is 8.42 Å². The first-order valence-corrected chi connectivity index (χ1v) is 12.5. The van der Waals surface area contributed by atoms with Gasteiger partial charge in [0.1, 0.15) is 5.01 Å². The van der Waals surface area contributed by atoms with E-state index in [9.17, 15) is 13.2 Å². The second-order valence-electron chi connectivity index (χ2n) is 8.17. The predicted molar refractivity (Wildman–Crippen MR) is 110 cm³/mol. The standard InChI is InChI=1S/C20H24N4O3S2/c25-18(21-20-23-22-19(28-20)15-4-5-15)14-8-10-24(11-9-14)29(26,27)17-7-6-13-2-1-3-16(13)12-17/h6-7,12,14-15H,1-5,8-11H2,(H,21,23,25). The summed E-state index contributed by atoms with van der Waals surface area (Å²) in [6, 6.07) is 5.52. The molecule has 2 aliphatic carbocycles. The van der Waals surface area contributed by atoms with E-state index in [0.29, 0.717) is 41.9 Å². The van der Waals surface area contributed by atoms with E-state index in [0.717, 1.165) is 42.7 Å². The summed E-state index contributed by atoms with van der Waals surface area (Å²) in [7, 11) is -3.51. The molecule has 7 nitrogen and oxygen atoms in total. The third kappa shape index (κ3) is 3.83. The van der Waals surface area contributed by atoms with Gasteiger partial charge in [-0.15, -0.1) is 10.2 Å². The maximum absolute atomic E-state index is 13.0. The highest BCUT2D eigenvalue weighted by Crippen LogP contribution is 2.42. The number of carbonyl (C=O) groups excluding carboxylic acids is 1. The molecule has 1 aromatic heterocycles. The number of nitrogens with one attached hydrogen (secondary N) is 1. The molecule has 9 heteroatoms. The zero-order chi connectivity index (χ0) is 20.0. The first kappa shape index (κ1) is 19.1. The molecule has 0 spiro atoms. The molecule has 1 N–H and O–H groups in total. The van der Waals surface area contributed by atoms with Gasteiger partial charge < -0.3 is 5.32 Å². The Morgan fingerprint density at radius 2 is 1.83 bits per heavy atom. The summed E-state index contributed by atoms with van der Waals surface area (Å²) < 4.78 is 27.6. The highest BCUT2D eigenvalue weighted by molar-refractivity contribution is 7.89. The van der Waals surface area contributed by atoms with E-state index in [4.69, 9.17) is 0 Å². The maximum atomic E-state index is 13.0. The Kier molecular flexibility index (Phi) is 4.92. The van der Waals surface area contributed by atoms with Crippen LogP contribution in [0.1, 0.15) is 54.2 Å². The molecule has 0 unspecified atom stereocenters. The van der Waals surface area contributed by atoms with Crippen LogP contribution in [-0.2, 0) is 27.7 Å². The molecule has 154 valence electrons. The highest BCUT2D eigenvalue weighted by Gasteiger charge is 2.33. The van der Waals surface area contributed by atoms with Crippen LogP contribution in [0.25, 0.3) is 0 Å². The molecule has 0 atom stereocenters. The molecule has 2 fully saturated rings. The number of anilines is 1. The first-order valence-electron chi connectivity index (χ1n) is 10.3. The highest BCUT2D eigenvalue weighted by atomic mass is 32.2.